The topological polar surface area (TPSA) is 61.6 Å². The number of nitrogens with two attached hydrogens (primary N) is 1. The summed E-state index contributed by atoms with van der Waals surface area (Å²) < 4.78 is 10.5. The highest BCUT2D eigenvalue weighted by atomic mass is 16.5. The van der Waals surface area contributed by atoms with Gasteiger partial charge in [0.1, 0.15) is 6.04 Å². The van der Waals surface area contributed by atoms with E-state index in [2.05, 4.69) is 0 Å². The van der Waals surface area contributed by atoms with Gasteiger partial charge in [0, 0.05) is 13.2 Å². The summed E-state index contributed by atoms with van der Waals surface area (Å²) in [4.78, 5) is 11.6. The Morgan fingerprint density at radius 2 is 2.12 bits per heavy atom. The first kappa shape index (κ1) is 13.5. The van der Waals surface area contributed by atoms with E-state index in [0.29, 0.717) is 12.5 Å². The quantitative estimate of drug-likeness (QED) is 0.722. The Hall–Kier alpha value is -0.610. The molecule has 1 aliphatic rings. The number of rotatable bonds is 5. The molecule has 0 unspecified atom stereocenters. The lowest BCUT2D eigenvalue weighted by Crippen LogP contribution is -2.39. The summed E-state index contributed by atoms with van der Waals surface area (Å²) in [5.41, 5.74) is 5.79. The highest BCUT2D eigenvalue weighted by molar-refractivity contribution is 5.75. The van der Waals surface area contributed by atoms with Gasteiger partial charge in [0.05, 0.1) is 6.61 Å². The van der Waals surface area contributed by atoms with Gasteiger partial charge in [-0.3, -0.25) is 4.79 Å². The molecule has 0 saturated carbocycles. The van der Waals surface area contributed by atoms with Crippen molar-refractivity contribution < 1.29 is 14.3 Å². The van der Waals surface area contributed by atoms with Gasteiger partial charge >= 0.3 is 5.97 Å². The van der Waals surface area contributed by atoms with Crippen molar-refractivity contribution in [2.24, 2.45) is 17.6 Å². The molecule has 2 N–H and O–H groups in total. The molecule has 0 aromatic heterocycles. The summed E-state index contributed by atoms with van der Waals surface area (Å²) in [6, 6.07) is -0.482. The Morgan fingerprint density at radius 1 is 1.50 bits per heavy atom. The molecule has 16 heavy (non-hydrogen) atoms. The van der Waals surface area contributed by atoms with Gasteiger partial charge in [0.2, 0.25) is 0 Å². The van der Waals surface area contributed by atoms with Gasteiger partial charge in [-0.15, -0.1) is 0 Å². The highest BCUT2D eigenvalue weighted by Gasteiger charge is 2.22. The first-order valence-electron chi connectivity index (χ1n) is 6.15. The molecule has 1 saturated heterocycles. The van der Waals surface area contributed by atoms with E-state index in [1.54, 1.807) is 0 Å². The minimum absolute atomic E-state index is 0.183. The molecule has 1 aliphatic heterocycles. The maximum absolute atomic E-state index is 11.6. The molecule has 0 aliphatic carbocycles. The van der Waals surface area contributed by atoms with Crippen LogP contribution in [0.15, 0.2) is 0 Å². The van der Waals surface area contributed by atoms with Crippen LogP contribution < -0.4 is 5.73 Å². The molecule has 1 fully saturated rings. The third kappa shape index (κ3) is 4.10. The van der Waals surface area contributed by atoms with Crippen molar-refractivity contribution in [1.29, 1.82) is 0 Å². The van der Waals surface area contributed by atoms with Crippen LogP contribution in [0, 0.1) is 11.8 Å². The molecule has 1 rings (SSSR count). The standard InChI is InChI=1S/C12H23NO3/c1-3-9(2)11(13)12(14)16-8-10-4-6-15-7-5-10/h9-11H,3-8,13H2,1-2H3/t9-,11-/m0/s1. The van der Waals surface area contributed by atoms with Crippen molar-refractivity contribution in [3.63, 3.8) is 0 Å². The van der Waals surface area contributed by atoms with E-state index in [-0.39, 0.29) is 11.9 Å². The molecular weight excluding hydrogens is 206 g/mol. The smallest absolute Gasteiger partial charge is 0.323 e. The first-order valence-corrected chi connectivity index (χ1v) is 6.15. The molecule has 0 bridgehead atoms. The highest BCUT2D eigenvalue weighted by Crippen LogP contribution is 2.15. The van der Waals surface area contributed by atoms with Gasteiger partial charge in [-0.1, -0.05) is 20.3 Å². The van der Waals surface area contributed by atoms with Crippen LogP contribution in [0.25, 0.3) is 0 Å². The van der Waals surface area contributed by atoms with Crippen molar-refractivity contribution >= 4 is 5.97 Å². The minimum Gasteiger partial charge on any atom is -0.464 e. The summed E-state index contributed by atoms with van der Waals surface area (Å²) in [6.45, 7) is 6.04. The van der Waals surface area contributed by atoms with Crippen LogP contribution in [0.2, 0.25) is 0 Å². The zero-order valence-corrected chi connectivity index (χ0v) is 10.3. The fourth-order valence-corrected chi connectivity index (χ4v) is 1.70. The lowest BCUT2D eigenvalue weighted by Gasteiger charge is -2.23. The zero-order valence-electron chi connectivity index (χ0n) is 10.3. The van der Waals surface area contributed by atoms with Crippen molar-refractivity contribution in [1.82, 2.24) is 0 Å². The Labute approximate surface area is 97.5 Å². The fourth-order valence-electron chi connectivity index (χ4n) is 1.70. The molecule has 0 spiro atoms. The molecule has 0 aromatic rings. The van der Waals surface area contributed by atoms with Gasteiger partial charge in [0.25, 0.3) is 0 Å². The molecule has 0 amide bonds. The fraction of sp³-hybridized carbons (Fsp3) is 0.917. The normalized spacial score (nSPS) is 21.4. The van der Waals surface area contributed by atoms with Crippen LogP contribution in [-0.4, -0.2) is 31.8 Å². The summed E-state index contributed by atoms with van der Waals surface area (Å²) in [5.74, 6) is 0.366. The molecule has 1 heterocycles. The molecule has 4 heteroatoms. The largest absolute Gasteiger partial charge is 0.464 e. The number of ether oxygens (including phenoxy) is 2. The van der Waals surface area contributed by atoms with Crippen LogP contribution in [-0.2, 0) is 14.3 Å². The summed E-state index contributed by atoms with van der Waals surface area (Å²) in [5, 5.41) is 0. The predicted molar refractivity (Wildman–Crippen MR) is 61.9 cm³/mol. The number of hydrogen-bond donors (Lipinski definition) is 1. The molecule has 94 valence electrons. The van der Waals surface area contributed by atoms with Gasteiger partial charge < -0.3 is 15.2 Å². The van der Waals surface area contributed by atoms with Crippen LogP contribution >= 0.6 is 0 Å². The monoisotopic (exact) mass is 229 g/mol. The third-order valence-corrected chi connectivity index (χ3v) is 3.33. The number of hydrogen-bond acceptors (Lipinski definition) is 4. The number of esters is 1. The zero-order chi connectivity index (χ0) is 12.0. The van der Waals surface area contributed by atoms with Crippen LogP contribution in [0.5, 0.6) is 0 Å². The van der Waals surface area contributed by atoms with Crippen molar-refractivity contribution in [2.75, 3.05) is 19.8 Å². The first-order chi connectivity index (χ1) is 7.65. The van der Waals surface area contributed by atoms with E-state index in [1.165, 1.54) is 0 Å². The van der Waals surface area contributed by atoms with Gasteiger partial charge in [-0.05, 0) is 24.7 Å². The van der Waals surface area contributed by atoms with Crippen molar-refractivity contribution in [3.8, 4) is 0 Å². The van der Waals surface area contributed by atoms with E-state index in [4.69, 9.17) is 15.2 Å². The van der Waals surface area contributed by atoms with E-state index in [1.807, 2.05) is 13.8 Å². The molecule has 0 aromatic carbocycles. The molecule has 4 nitrogen and oxygen atoms in total. The van der Waals surface area contributed by atoms with Crippen LogP contribution in [0.1, 0.15) is 33.1 Å². The van der Waals surface area contributed by atoms with E-state index in [9.17, 15) is 4.79 Å². The lowest BCUT2D eigenvalue weighted by atomic mass is 10.00. The Morgan fingerprint density at radius 3 is 2.69 bits per heavy atom. The van der Waals surface area contributed by atoms with Gasteiger partial charge in [0.15, 0.2) is 0 Å². The molecule has 2 atom stereocenters. The van der Waals surface area contributed by atoms with Gasteiger partial charge in [-0.2, -0.15) is 0 Å². The maximum Gasteiger partial charge on any atom is 0.323 e. The van der Waals surface area contributed by atoms with Crippen molar-refractivity contribution in [3.05, 3.63) is 0 Å². The Balaban J connectivity index is 2.23. The summed E-state index contributed by atoms with van der Waals surface area (Å²) in [6.07, 6.45) is 2.85. The average molecular weight is 229 g/mol. The summed E-state index contributed by atoms with van der Waals surface area (Å²) >= 11 is 0. The second-order valence-corrected chi connectivity index (χ2v) is 4.60. The van der Waals surface area contributed by atoms with E-state index >= 15 is 0 Å². The van der Waals surface area contributed by atoms with Gasteiger partial charge in [-0.25, -0.2) is 0 Å². The van der Waals surface area contributed by atoms with Crippen molar-refractivity contribution in [2.45, 2.75) is 39.2 Å². The van der Waals surface area contributed by atoms with Crippen LogP contribution in [0.4, 0.5) is 0 Å². The number of carbonyl (C=O) groups excluding carboxylic acids is 1. The third-order valence-electron chi connectivity index (χ3n) is 3.33. The Kier molecular flexibility index (Phi) is 5.77. The average Bonchev–Trinajstić information content (AvgIpc) is 2.35. The maximum atomic E-state index is 11.6. The van der Waals surface area contributed by atoms with E-state index < -0.39 is 6.04 Å². The van der Waals surface area contributed by atoms with Crippen LogP contribution in [0.3, 0.4) is 0 Å². The predicted octanol–water partition coefficient (Wildman–Crippen LogP) is 1.33. The second kappa shape index (κ2) is 6.86. The number of carbonyl (C=O) groups is 1. The SMILES string of the molecule is CC[C@H](C)[C@H](N)C(=O)OCC1CCOCC1. The Bertz CT molecular complexity index is 214. The molecule has 0 radical (unpaired) electrons. The second-order valence-electron chi connectivity index (χ2n) is 4.60. The lowest BCUT2D eigenvalue weighted by molar-refractivity contribution is -0.148. The minimum atomic E-state index is -0.482. The summed E-state index contributed by atoms with van der Waals surface area (Å²) in [7, 11) is 0. The van der Waals surface area contributed by atoms with E-state index in [0.717, 1.165) is 32.5 Å². The molecular formula is C12H23NO3.